The van der Waals surface area contributed by atoms with Gasteiger partial charge in [0, 0.05) is 0 Å². The van der Waals surface area contributed by atoms with E-state index < -0.39 is 17.5 Å². The van der Waals surface area contributed by atoms with Crippen LogP contribution < -0.4 is 20.0 Å². The summed E-state index contributed by atoms with van der Waals surface area (Å²) in [7, 11) is 0. The molecule has 28 heavy (non-hydrogen) atoms. The summed E-state index contributed by atoms with van der Waals surface area (Å²) in [6.07, 6.45) is -0.858. The Labute approximate surface area is 160 Å². The fourth-order valence-electron chi connectivity index (χ4n) is 2.90. The molecule has 146 valence electrons. The minimum Gasteiger partial charge on any atom is -0.454 e. The second-order valence-corrected chi connectivity index (χ2v) is 7.31. The highest BCUT2D eigenvalue weighted by Crippen LogP contribution is 2.33. The molecule has 0 saturated carbocycles. The van der Waals surface area contributed by atoms with Gasteiger partial charge in [-0.3, -0.25) is 4.57 Å². The highest BCUT2D eigenvalue weighted by atomic mass is 16.7. The van der Waals surface area contributed by atoms with E-state index >= 15 is 0 Å². The number of ether oxygens (including phenoxy) is 4. The third-order valence-corrected chi connectivity index (χ3v) is 4.01. The van der Waals surface area contributed by atoms with E-state index in [9.17, 15) is 9.59 Å². The largest absolute Gasteiger partial charge is 0.514 e. The van der Waals surface area contributed by atoms with Gasteiger partial charge in [-0.1, -0.05) is 12.1 Å². The van der Waals surface area contributed by atoms with Crippen molar-refractivity contribution in [1.82, 2.24) is 4.57 Å². The molecular weight excluding hydrogens is 366 g/mol. The van der Waals surface area contributed by atoms with Crippen LogP contribution in [0.25, 0.3) is 11.1 Å². The minimum absolute atomic E-state index is 0.168. The summed E-state index contributed by atoms with van der Waals surface area (Å²) in [6.45, 7) is 5.59. The van der Waals surface area contributed by atoms with Crippen molar-refractivity contribution in [2.75, 3.05) is 6.79 Å². The van der Waals surface area contributed by atoms with Crippen molar-refractivity contribution in [3.63, 3.8) is 0 Å². The third kappa shape index (κ3) is 3.53. The average molecular weight is 385 g/mol. The Balaban J connectivity index is 1.69. The van der Waals surface area contributed by atoms with Gasteiger partial charge in [-0.15, -0.1) is 0 Å². The quantitative estimate of drug-likeness (QED) is 0.502. The van der Waals surface area contributed by atoms with Gasteiger partial charge in [0.15, 0.2) is 22.8 Å². The molecule has 0 aliphatic carbocycles. The first-order chi connectivity index (χ1) is 13.3. The number of benzene rings is 2. The lowest BCUT2D eigenvalue weighted by Crippen LogP contribution is -2.26. The molecule has 0 radical (unpaired) electrons. The lowest BCUT2D eigenvalue weighted by molar-refractivity contribution is 0.0208. The summed E-state index contributed by atoms with van der Waals surface area (Å²) < 4.78 is 27.9. The predicted octanol–water partition coefficient (Wildman–Crippen LogP) is 3.69. The van der Waals surface area contributed by atoms with Gasteiger partial charge in [-0.2, -0.15) is 0 Å². The molecular formula is C20H19NO7. The molecule has 0 unspecified atom stereocenters. The van der Waals surface area contributed by atoms with Gasteiger partial charge in [0.05, 0.1) is 6.54 Å². The molecule has 1 aliphatic rings. The van der Waals surface area contributed by atoms with Gasteiger partial charge in [0.2, 0.25) is 6.79 Å². The molecule has 8 heteroatoms. The van der Waals surface area contributed by atoms with Gasteiger partial charge < -0.3 is 23.4 Å². The van der Waals surface area contributed by atoms with Crippen LogP contribution in [0.15, 0.2) is 45.6 Å². The first kappa shape index (κ1) is 18.0. The molecule has 0 bridgehead atoms. The van der Waals surface area contributed by atoms with E-state index in [1.165, 1.54) is 4.57 Å². The molecule has 1 aliphatic heterocycles. The highest BCUT2D eigenvalue weighted by Gasteiger charge is 2.22. The molecule has 1 aromatic heterocycles. The van der Waals surface area contributed by atoms with Crippen LogP contribution in [0.4, 0.5) is 4.79 Å². The standard InChI is InChI=1S/C20H19NO7/c1-20(2,3)28-19(23)27-15-6-4-5-14-17(15)21(18(22)26-14)10-12-7-8-13-16(9-12)25-11-24-13/h4-9H,10-11H2,1-3H3. The van der Waals surface area contributed by atoms with Crippen LogP contribution in [-0.4, -0.2) is 23.1 Å². The minimum atomic E-state index is -0.858. The van der Waals surface area contributed by atoms with Crippen LogP contribution >= 0.6 is 0 Å². The fraction of sp³-hybridized carbons (Fsp3) is 0.300. The molecule has 0 amide bonds. The summed E-state index contributed by atoms with van der Waals surface area (Å²) in [5.74, 6) is 0.886. The zero-order chi connectivity index (χ0) is 19.9. The summed E-state index contributed by atoms with van der Waals surface area (Å²) in [5, 5.41) is 0. The van der Waals surface area contributed by atoms with E-state index in [-0.39, 0.29) is 19.1 Å². The van der Waals surface area contributed by atoms with Gasteiger partial charge in [0.25, 0.3) is 0 Å². The topological polar surface area (TPSA) is 89.1 Å². The number of oxazole rings is 1. The van der Waals surface area contributed by atoms with Gasteiger partial charge >= 0.3 is 11.9 Å². The van der Waals surface area contributed by atoms with Crippen LogP contribution in [0.1, 0.15) is 26.3 Å². The Morgan fingerprint density at radius 2 is 1.93 bits per heavy atom. The average Bonchev–Trinajstić information content (AvgIpc) is 3.18. The Kier molecular flexibility index (Phi) is 4.26. The van der Waals surface area contributed by atoms with Crippen LogP contribution in [0, 0.1) is 0 Å². The monoisotopic (exact) mass is 385 g/mol. The Morgan fingerprint density at radius 3 is 2.71 bits per heavy atom. The summed E-state index contributed by atoms with van der Waals surface area (Å²) >= 11 is 0. The van der Waals surface area contributed by atoms with Crippen molar-refractivity contribution in [2.24, 2.45) is 0 Å². The smallest absolute Gasteiger partial charge is 0.454 e. The molecule has 8 nitrogen and oxygen atoms in total. The van der Waals surface area contributed by atoms with Gasteiger partial charge in [0.1, 0.15) is 11.1 Å². The van der Waals surface area contributed by atoms with Crippen LogP contribution in [-0.2, 0) is 11.3 Å². The fourth-order valence-corrected chi connectivity index (χ4v) is 2.90. The number of hydrogen-bond acceptors (Lipinski definition) is 7. The number of aromatic nitrogens is 1. The first-order valence-corrected chi connectivity index (χ1v) is 8.72. The molecule has 0 atom stereocenters. The van der Waals surface area contributed by atoms with Crippen molar-refractivity contribution in [2.45, 2.75) is 32.9 Å². The van der Waals surface area contributed by atoms with Gasteiger partial charge in [-0.05, 0) is 50.6 Å². The second kappa shape index (κ2) is 6.63. The zero-order valence-electron chi connectivity index (χ0n) is 15.7. The Bertz CT molecular complexity index is 1100. The molecule has 2 aromatic carbocycles. The lowest BCUT2D eigenvalue weighted by Gasteiger charge is -2.18. The summed E-state index contributed by atoms with van der Waals surface area (Å²) in [4.78, 5) is 24.5. The molecule has 3 aromatic rings. The normalized spacial score (nSPS) is 13.0. The Morgan fingerprint density at radius 1 is 1.14 bits per heavy atom. The molecule has 2 heterocycles. The van der Waals surface area contributed by atoms with E-state index in [0.29, 0.717) is 22.6 Å². The van der Waals surface area contributed by atoms with Gasteiger partial charge in [-0.25, -0.2) is 9.59 Å². The van der Waals surface area contributed by atoms with Crippen LogP contribution in [0.2, 0.25) is 0 Å². The number of hydrogen-bond donors (Lipinski definition) is 0. The lowest BCUT2D eigenvalue weighted by atomic mass is 10.2. The summed E-state index contributed by atoms with van der Waals surface area (Å²) in [5.41, 5.74) is 0.789. The molecule has 0 N–H and O–H groups in total. The van der Waals surface area contributed by atoms with Crippen molar-refractivity contribution < 1.29 is 28.2 Å². The maximum atomic E-state index is 12.4. The van der Waals surface area contributed by atoms with Crippen molar-refractivity contribution >= 4 is 17.3 Å². The maximum Gasteiger partial charge on any atom is 0.514 e. The van der Waals surface area contributed by atoms with E-state index in [1.807, 2.05) is 6.07 Å². The molecule has 0 spiro atoms. The number of rotatable bonds is 3. The molecule has 0 saturated heterocycles. The predicted molar refractivity (Wildman–Crippen MR) is 99.0 cm³/mol. The molecule has 0 fully saturated rings. The van der Waals surface area contributed by atoms with Crippen molar-refractivity contribution in [1.29, 1.82) is 0 Å². The van der Waals surface area contributed by atoms with Crippen LogP contribution in [0.3, 0.4) is 0 Å². The zero-order valence-corrected chi connectivity index (χ0v) is 15.7. The number of carbonyl (C=O) groups is 1. The van der Waals surface area contributed by atoms with E-state index in [1.54, 1.807) is 51.1 Å². The maximum absolute atomic E-state index is 12.4. The summed E-state index contributed by atoms with van der Waals surface area (Å²) in [6, 6.07) is 10.3. The Hall–Kier alpha value is -3.42. The van der Waals surface area contributed by atoms with Crippen LogP contribution in [0.5, 0.6) is 17.2 Å². The first-order valence-electron chi connectivity index (χ1n) is 8.72. The van der Waals surface area contributed by atoms with Crippen molar-refractivity contribution in [3.8, 4) is 17.2 Å². The van der Waals surface area contributed by atoms with E-state index in [0.717, 1.165) is 5.56 Å². The second-order valence-electron chi connectivity index (χ2n) is 7.31. The van der Waals surface area contributed by atoms with E-state index in [4.69, 9.17) is 23.4 Å². The van der Waals surface area contributed by atoms with Crippen molar-refractivity contribution in [3.05, 3.63) is 52.5 Å². The number of carbonyl (C=O) groups excluding carboxylic acids is 1. The number of para-hydroxylation sites is 1. The third-order valence-electron chi connectivity index (χ3n) is 4.01. The number of fused-ring (bicyclic) bond motifs is 2. The molecule has 4 rings (SSSR count). The number of nitrogens with zero attached hydrogens (tertiary/aromatic N) is 1. The SMILES string of the molecule is CC(C)(C)OC(=O)Oc1cccc2oc(=O)n(Cc3ccc4c(c3)OCO4)c12. The highest BCUT2D eigenvalue weighted by molar-refractivity contribution is 5.82. The van der Waals surface area contributed by atoms with E-state index in [2.05, 4.69) is 0 Å².